The highest BCUT2D eigenvalue weighted by molar-refractivity contribution is 7.15. The number of nitrogens with zero attached hydrogens (tertiary/aromatic N) is 2. The number of thiophene rings is 1. The van der Waals surface area contributed by atoms with Crippen LogP contribution in [-0.2, 0) is 19.4 Å². The molecule has 0 bridgehead atoms. The quantitative estimate of drug-likeness (QED) is 0.840. The largest absolute Gasteiger partial charge is 0.349 e. The summed E-state index contributed by atoms with van der Waals surface area (Å²) in [6.07, 6.45) is 2.87. The minimum atomic E-state index is -0.239. The van der Waals surface area contributed by atoms with E-state index in [9.17, 15) is 14.4 Å². The Morgan fingerprint density at radius 3 is 2.83 bits per heavy atom. The van der Waals surface area contributed by atoms with Crippen molar-refractivity contribution < 1.29 is 9.59 Å². The number of aromatic nitrogens is 2. The van der Waals surface area contributed by atoms with Gasteiger partial charge >= 0.3 is 0 Å². The predicted molar refractivity (Wildman–Crippen MR) is 87.2 cm³/mol. The second-order valence-electron chi connectivity index (χ2n) is 5.51. The maximum Gasteiger partial charge on any atom is 0.267 e. The van der Waals surface area contributed by atoms with Crippen LogP contribution < -0.4 is 10.9 Å². The van der Waals surface area contributed by atoms with E-state index in [2.05, 4.69) is 10.4 Å². The number of fused-ring (bicyclic) bond motifs is 1. The van der Waals surface area contributed by atoms with Gasteiger partial charge in [0.25, 0.3) is 11.5 Å². The van der Waals surface area contributed by atoms with E-state index in [1.54, 1.807) is 18.2 Å². The summed E-state index contributed by atoms with van der Waals surface area (Å²) in [5.41, 5.74) is 1.90. The molecule has 0 unspecified atom stereocenters. The average molecular weight is 331 g/mol. The lowest BCUT2D eigenvalue weighted by Gasteiger charge is -2.07. The molecule has 3 rings (SSSR count). The molecule has 1 aliphatic carbocycles. The lowest BCUT2D eigenvalue weighted by atomic mass is 10.2. The van der Waals surface area contributed by atoms with Crippen molar-refractivity contribution in [3.05, 3.63) is 49.6 Å². The molecular formula is C16H17N3O3S. The molecule has 0 radical (unpaired) electrons. The number of amides is 1. The van der Waals surface area contributed by atoms with Crippen molar-refractivity contribution in [2.45, 2.75) is 32.7 Å². The molecule has 0 aromatic carbocycles. The number of carbonyl (C=O) groups is 2. The number of ketones is 1. The highest BCUT2D eigenvalue weighted by Crippen LogP contribution is 2.17. The third kappa shape index (κ3) is 3.39. The Morgan fingerprint density at radius 1 is 1.30 bits per heavy atom. The summed E-state index contributed by atoms with van der Waals surface area (Å²) in [4.78, 5) is 36.3. The Morgan fingerprint density at radius 2 is 2.09 bits per heavy atom. The highest BCUT2D eigenvalue weighted by Gasteiger charge is 2.15. The molecule has 0 aliphatic heterocycles. The number of hydrogen-bond acceptors (Lipinski definition) is 5. The zero-order valence-electron chi connectivity index (χ0n) is 12.8. The van der Waals surface area contributed by atoms with Crippen molar-refractivity contribution in [2.75, 3.05) is 6.54 Å². The maximum atomic E-state index is 12.0. The van der Waals surface area contributed by atoms with Gasteiger partial charge in [0.2, 0.25) is 0 Å². The Balaban J connectivity index is 1.60. The summed E-state index contributed by atoms with van der Waals surface area (Å²) in [5, 5.41) is 7.12. The second kappa shape index (κ2) is 6.45. The first-order valence-corrected chi connectivity index (χ1v) is 8.35. The predicted octanol–water partition coefficient (Wildman–Crippen LogP) is 1.43. The van der Waals surface area contributed by atoms with Gasteiger partial charge in [-0.3, -0.25) is 14.4 Å². The van der Waals surface area contributed by atoms with Crippen LogP contribution in [0.5, 0.6) is 0 Å². The Bertz CT molecular complexity index is 822. The van der Waals surface area contributed by atoms with E-state index < -0.39 is 0 Å². The van der Waals surface area contributed by atoms with E-state index >= 15 is 0 Å². The second-order valence-corrected chi connectivity index (χ2v) is 6.59. The van der Waals surface area contributed by atoms with Crippen molar-refractivity contribution in [2.24, 2.45) is 0 Å². The van der Waals surface area contributed by atoms with Gasteiger partial charge in [-0.1, -0.05) is 0 Å². The monoisotopic (exact) mass is 331 g/mol. The molecule has 2 aromatic heterocycles. The molecule has 0 atom stereocenters. The lowest BCUT2D eigenvalue weighted by Crippen LogP contribution is -2.32. The van der Waals surface area contributed by atoms with Crippen molar-refractivity contribution >= 4 is 23.0 Å². The SMILES string of the molecule is CC(=O)c1ccc(C(=O)NCCn2nc3c(cc2=O)CCC3)s1. The zero-order chi connectivity index (χ0) is 16.4. The van der Waals surface area contributed by atoms with Crippen molar-refractivity contribution in [3.63, 3.8) is 0 Å². The van der Waals surface area contributed by atoms with Crippen molar-refractivity contribution in [1.82, 2.24) is 15.1 Å². The van der Waals surface area contributed by atoms with Crippen molar-refractivity contribution in [3.8, 4) is 0 Å². The molecule has 6 nitrogen and oxygen atoms in total. The fourth-order valence-electron chi connectivity index (χ4n) is 2.61. The maximum absolute atomic E-state index is 12.0. The van der Waals surface area contributed by atoms with Gasteiger partial charge in [-0.15, -0.1) is 11.3 Å². The van der Waals surface area contributed by atoms with E-state index in [1.807, 2.05) is 0 Å². The molecule has 23 heavy (non-hydrogen) atoms. The van der Waals surface area contributed by atoms with Gasteiger partial charge in [-0.2, -0.15) is 5.10 Å². The highest BCUT2D eigenvalue weighted by atomic mass is 32.1. The van der Waals surface area contributed by atoms with Crippen LogP contribution in [0.1, 0.15) is 43.9 Å². The molecule has 1 amide bonds. The standard InChI is InChI=1S/C16H17N3O3S/c1-10(20)13-5-6-14(23-13)16(22)17-7-8-19-15(21)9-11-3-2-4-12(11)18-19/h5-6,9H,2-4,7-8H2,1H3,(H,17,22). The van der Waals surface area contributed by atoms with Crippen LogP contribution in [0.3, 0.4) is 0 Å². The Labute approximate surface area is 137 Å². The van der Waals surface area contributed by atoms with Crippen molar-refractivity contribution in [1.29, 1.82) is 0 Å². The molecule has 120 valence electrons. The number of Topliss-reactive ketones (excluding diaryl/α,β-unsaturated/α-hetero) is 1. The van der Waals surface area contributed by atoms with Gasteiger partial charge in [0.15, 0.2) is 5.78 Å². The summed E-state index contributed by atoms with van der Waals surface area (Å²) in [5.74, 6) is -0.292. The van der Waals surface area contributed by atoms with E-state index in [0.29, 0.717) is 22.8 Å². The molecule has 1 N–H and O–H groups in total. The van der Waals surface area contributed by atoms with Gasteiger partial charge < -0.3 is 5.32 Å². The van der Waals surface area contributed by atoms with Crippen LogP contribution in [0, 0.1) is 0 Å². The van der Waals surface area contributed by atoms with Crippen LogP contribution in [-0.4, -0.2) is 28.0 Å². The Kier molecular flexibility index (Phi) is 4.38. The summed E-state index contributed by atoms with van der Waals surface area (Å²) < 4.78 is 1.40. The fraction of sp³-hybridized carbons (Fsp3) is 0.375. The number of nitrogens with one attached hydrogen (secondary N) is 1. The number of hydrogen-bond donors (Lipinski definition) is 1. The van der Waals surface area contributed by atoms with Gasteiger partial charge in [-0.25, -0.2) is 4.68 Å². The molecule has 2 heterocycles. The minimum absolute atomic E-state index is 0.0528. The third-order valence-corrected chi connectivity index (χ3v) is 4.99. The molecule has 1 aliphatic rings. The average Bonchev–Trinajstić information content (AvgIpc) is 3.15. The number of rotatable bonds is 5. The molecule has 7 heteroatoms. The molecule has 0 saturated carbocycles. The lowest BCUT2D eigenvalue weighted by molar-refractivity contribution is 0.0955. The molecule has 2 aromatic rings. The van der Waals surface area contributed by atoms with Gasteiger partial charge in [-0.05, 0) is 43.9 Å². The van der Waals surface area contributed by atoms with Gasteiger partial charge in [0, 0.05) is 12.6 Å². The van der Waals surface area contributed by atoms with E-state index in [0.717, 1.165) is 30.5 Å². The molecule has 0 fully saturated rings. The van der Waals surface area contributed by atoms with Gasteiger partial charge in [0.1, 0.15) is 0 Å². The minimum Gasteiger partial charge on any atom is -0.349 e. The van der Waals surface area contributed by atoms with Crippen LogP contribution in [0.25, 0.3) is 0 Å². The molecule has 0 spiro atoms. The van der Waals surface area contributed by atoms with Crippen LogP contribution in [0.4, 0.5) is 0 Å². The fourth-order valence-corrected chi connectivity index (χ4v) is 3.43. The first kappa shape index (κ1) is 15.6. The zero-order valence-corrected chi connectivity index (χ0v) is 13.6. The number of aryl methyl sites for hydroxylation is 2. The van der Waals surface area contributed by atoms with Crippen LogP contribution in [0.15, 0.2) is 23.0 Å². The first-order valence-electron chi connectivity index (χ1n) is 7.53. The summed E-state index contributed by atoms with van der Waals surface area (Å²) in [6, 6.07) is 4.93. The van der Waals surface area contributed by atoms with E-state index in [4.69, 9.17) is 0 Å². The number of carbonyl (C=O) groups excluding carboxylic acids is 2. The summed E-state index contributed by atoms with van der Waals surface area (Å²) in [6.45, 7) is 2.13. The van der Waals surface area contributed by atoms with E-state index in [-0.39, 0.29) is 17.2 Å². The van der Waals surface area contributed by atoms with Crippen LogP contribution in [0.2, 0.25) is 0 Å². The smallest absolute Gasteiger partial charge is 0.267 e. The third-order valence-electron chi connectivity index (χ3n) is 3.81. The molecule has 0 saturated heterocycles. The van der Waals surface area contributed by atoms with E-state index in [1.165, 1.54) is 22.9 Å². The van der Waals surface area contributed by atoms with Crippen LogP contribution >= 0.6 is 11.3 Å². The Hall–Kier alpha value is -2.28. The topological polar surface area (TPSA) is 81.1 Å². The summed E-state index contributed by atoms with van der Waals surface area (Å²) >= 11 is 1.17. The normalized spacial score (nSPS) is 12.9. The molecular weight excluding hydrogens is 314 g/mol. The van der Waals surface area contributed by atoms with Gasteiger partial charge in [0.05, 0.1) is 22.0 Å². The summed E-state index contributed by atoms with van der Waals surface area (Å²) in [7, 11) is 0. The first-order chi connectivity index (χ1) is 11.0.